The Hall–Kier alpha value is -0.0800. The molecule has 0 aromatic carbocycles. The van der Waals surface area contributed by atoms with E-state index in [1.165, 1.54) is 32.2 Å². The van der Waals surface area contributed by atoms with Gasteiger partial charge in [-0.05, 0) is 74.8 Å². The first-order valence-electron chi connectivity index (χ1n) is 7.84. The van der Waals surface area contributed by atoms with Gasteiger partial charge in [-0.3, -0.25) is 0 Å². The zero-order valence-electron chi connectivity index (χ0n) is 12.4. The minimum absolute atomic E-state index is 0.000903. The van der Waals surface area contributed by atoms with Crippen molar-refractivity contribution < 1.29 is 5.11 Å². The van der Waals surface area contributed by atoms with Crippen LogP contribution in [0.25, 0.3) is 0 Å². The third-order valence-electron chi connectivity index (χ3n) is 5.15. The van der Waals surface area contributed by atoms with Gasteiger partial charge >= 0.3 is 0 Å². The molecule has 2 N–H and O–H groups in total. The largest absolute Gasteiger partial charge is 0.393 e. The number of nitrogens with one attached hydrogen (secondary N) is 1. The summed E-state index contributed by atoms with van der Waals surface area (Å²) in [5, 5.41) is 12.9. The van der Waals surface area contributed by atoms with E-state index in [-0.39, 0.29) is 6.10 Å². The van der Waals surface area contributed by atoms with Crippen molar-refractivity contribution in [3.63, 3.8) is 0 Å². The maximum atomic E-state index is 9.24. The lowest BCUT2D eigenvalue weighted by Crippen LogP contribution is -2.38. The first-order valence-corrected chi connectivity index (χ1v) is 7.84. The predicted octanol–water partition coefficient (Wildman–Crippen LogP) is 3.20. The Morgan fingerprint density at radius 3 is 2.00 bits per heavy atom. The summed E-state index contributed by atoms with van der Waals surface area (Å²) in [4.78, 5) is 0. The molecule has 2 fully saturated rings. The van der Waals surface area contributed by atoms with Gasteiger partial charge in [0, 0.05) is 0 Å². The minimum Gasteiger partial charge on any atom is -0.393 e. The first-order chi connectivity index (χ1) is 8.45. The molecule has 0 bridgehead atoms. The van der Waals surface area contributed by atoms with Crippen LogP contribution in [0.4, 0.5) is 0 Å². The Balaban J connectivity index is 1.56. The van der Waals surface area contributed by atoms with Gasteiger partial charge in [-0.1, -0.05) is 20.8 Å². The molecule has 0 atom stereocenters. The third kappa shape index (κ3) is 3.96. The molecule has 0 saturated heterocycles. The van der Waals surface area contributed by atoms with Gasteiger partial charge in [0.25, 0.3) is 0 Å². The summed E-state index contributed by atoms with van der Waals surface area (Å²) in [5.41, 5.74) is 0.500. The highest BCUT2D eigenvalue weighted by Gasteiger charge is 2.30. The predicted molar refractivity (Wildman–Crippen MR) is 76.5 cm³/mol. The molecule has 0 amide bonds. The summed E-state index contributed by atoms with van der Waals surface area (Å²) in [7, 11) is 0. The fourth-order valence-electron chi connectivity index (χ4n) is 3.59. The molecular formula is C16H31NO. The quantitative estimate of drug-likeness (QED) is 0.806. The normalized spacial score (nSPS) is 37.3. The van der Waals surface area contributed by atoms with Crippen LogP contribution < -0.4 is 5.32 Å². The fraction of sp³-hybridized carbons (Fsp3) is 1.00. The van der Waals surface area contributed by atoms with Crippen molar-refractivity contribution in [2.75, 3.05) is 13.1 Å². The molecule has 0 aliphatic heterocycles. The van der Waals surface area contributed by atoms with Gasteiger partial charge in [0.1, 0.15) is 0 Å². The van der Waals surface area contributed by atoms with E-state index in [0.29, 0.717) is 5.41 Å². The Morgan fingerprint density at radius 1 is 0.944 bits per heavy atom. The SMILES string of the molecule is CC(C)(C)C1CCC(CNCC2CC(O)C2)CC1. The van der Waals surface area contributed by atoms with Gasteiger partial charge in [-0.2, -0.15) is 0 Å². The lowest BCUT2D eigenvalue weighted by atomic mass is 9.70. The second kappa shape index (κ2) is 5.92. The summed E-state index contributed by atoms with van der Waals surface area (Å²) in [6, 6.07) is 0. The Labute approximate surface area is 113 Å². The van der Waals surface area contributed by atoms with E-state index in [0.717, 1.165) is 37.1 Å². The van der Waals surface area contributed by atoms with Gasteiger partial charge in [-0.15, -0.1) is 0 Å². The molecule has 0 spiro atoms. The maximum absolute atomic E-state index is 9.24. The van der Waals surface area contributed by atoms with Gasteiger partial charge in [0.2, 0.25) is 0 Å². The number of aliphatic hydroxyl groups is 1. The zero-order chi connectivity index (χ0) is 13.2. The van der Waals surface area contributed by atoms with Gasteiger partial charge in [0.15, 0.2) is 0 Å². The summed E-state index contributed by atoms with van der Waals surface area (Å²) in [5.74, 6) is 2.56. The van der Waals surface area contributed by atoms with Crippen LogP contribution in [0.15, 0.2) is 0 Å². The molecule has 18 heavy (non-hydrogen) atoms. The fourth-order valence-corrected chi connectivity index (χ4v) is 3.59. The van der Waals surface area contributed by atoms with Crippen molar-refractivity contribution in [3.05, 3.63) is 0 Å². The molecule has 0 aromatic heterocycles. The van der Waals surface area contributed by atoms with Crippen LogP contribution in [0.5, 0.6) is 0 Å². The third-order valence-corrected chi connectivity index (χ3v) is 5.15. The van der Waals surface area contributed by atoms with Crippen molar-refractivity contribution in [3.8, 4) is 0 Å². The molecule has 0 unspecified atom stereocenters. The monoisotopic (exact) mass is 253 g/mol. The van der Waals surface area contributed by atoms with Crippen molar-refractivity contribution in [1.82, 2.24) is 5.32 Å². The molecule has 0 aromatic rings. The molecule has 2 nitrogen and oxygen atoms in total. The lowest BCUT2D eigenvalue weighted by molar-refractivity contribution is 0.0422. The summed E-state index contributed by atoms with van der Waals surface area (Å²) >= 11 is 0. The molecule has 0 radical (unpaired) electrons. The number of rotatable bonds is 4. The average Bonchev–Trinajstić information content (AvgIpc) is 2.26. The number of hydrogen-bond acceptors (Lipinski definition) is 2. The van der Waals surface area contributed by atoms with Crippen LogP contribution in [-0.2, 0) is 0 Å². The minimum atomic E-state index is -0.000903. The second-order valence-corrected chi connectivity index (χ2v) is 7.73. The van der Waals surface area contributed by atoms with Crippen molar-refractivity contribution >= 4 is 0 Å². The number of hydrogen-bond donors (Lipinski definition) is 2. The van der Waals surface area contributed by atoms with E-state index in [2.05, 4.69) is 26.1 Å². The highest BCUT2D eigenvalue weighted by molar-refractivity contribution is 4.83. The summed E-state index contributed by atoms with van der Waals surface area (Å²) < 4.78 is 0. The van der Waals surface area contributed by atoms with Crippen molar-refractivity contribution in [2.45, 2.75) is 65.4 Å². The average molecular weight is 253 g/mol. The van der Waals surface area contributed by atoms with E-state index in [1.807, 2.05) is 0 Å². The molecule has 2 aliphatic rings. The molecule has 2 aliphatic carbocycles. The smallest absolute Gasteiger partial charge is 0.0546 e. The first kappa shape index (κ1) is 14.3. The standard InChI is InChI=1S/C16H31NO/c1-16(2,3)14-6-4-12(5-7-14)10-17-11-13-8-15(18)9-13/h12-15,17-18H,4-11H2,1-3H3. The zero-order valence-corrected chi connectivity index (χ0v) is 12.4. The lowest BCUT2D eigenvalue weighted by Gasteiger charge is -2.37. The topological polar surface area (TPSA) is 32.3 Å². The van der Waals surface area contributed by atoms with E-state index in [4.69, 9.17) is 0 Å². The highest BCUT2D eigenvalue weighted by atomic mass is 16.3. The van der Waals surface area contributed by atoms with Crippen LogP contribution in [-0.4, -0.2) is 24.3 Å². The molecular weight excluding hydrogens is 222 g/mol. The molecule has 2 rings (SSSR count). The number of aliphatic hydroxyl groups excluding tert-OH is 1. The van der Waals surface area contributed by atoms with Crippen LogP contribution in [0.3, 0.4) is 0 Å². The van der Waals surface area contributed by atoms with E-state index < -0.39 is 0 Å². The summed E-state index contributed by atoms with van der Waals surface area (Å²) in [6.45, 7) is 9.48. The Bertz CT molecular complexity index is 244. The van der Waals surface area contributed by atoms with Crippen LogP contribution >= 0.6 is 0 Å². The van der Waals surface area contributed by atoms with Gasteiger partial charge in [0.05, 0.1) is 6.10 Å². The molecule has 106 valence electrons. The molecule has 0 heterocycles. The Kier molecular flexibility index (Phi) is 4.71. The van der Waals surface area contributed by atoms with E-state index in [1.54, 1.807) is 0 Å². The molecule has 2 saturated carbocycles. The van der Waals surface area contributed by atoms with Crippen molar-refractivity contribution in [2.24, 2.45) is 23.2 Å². The summed E-state index contributed by atoms with van der Waals surface area (Å²) in [6.07, 6.45) is 7.67. The van der Waals surface area contributed by atoms with Gasteiger partial charge in [-0.25, -0.2) is 0 Å². The van der Waals surface area contributed by atoms with E-state index >= 15 is 0 Å². The molecule has 2 heteroatoms. The van der Waals surface area contributed by atoms with Crippen molar-refractivity contribution in [1.29, 1.82) is 0 Å². The van der Waals surface area contributed by atoms with Crippen LogP contribution in [0, 0.1) is 23.2 Å². The second-order valence-electron chi connectivity index (χ2n) is 7.73. The van der Waals surface area contributed by atoms with Crippen LogP contribution in [0.1, 0.15) is 59.3 Å². The van der Waals surface area contributed by atoms with Crippen LogP contribution in [0.2, 0.25) is 0 Å². The maximum Gasteiger partial charge on any atom is 0.0546 e. The van der Waals surface area contributed by atoms with Gasteiger partial charge < -0.3 is 10.4 Å². The highest BCUT2D eigenvalue weighted by Crippen LogP contribution is 2.39. The van der Waals surface area contributed by atoms with E-state index in [9.17, 15) is 5.11 Å². The Morgan fingerprint density at radius 2 is 1.50 bits per heavy atom.